The second-order valence-corrected chi connectivity index (χ2v) is 11.6. The van der Waals surface area contributed by atoms with Crippen molar-refractivity contribution in [3.63, 3.8) is 0 Å². The van der Waals surface area contributed by atoms with Crippen LogP contribution in [0.3, 0.4) is 0 Å². The summed E-state index contributed by atoms with van der Waals surface area (Å²) in [5, 5.41) is 11.0. The predicted molar refractivity (Wildman–Crippen MR) is 126 cm³/mol. The molecule has 1 atom stereocenters. The monoisotopic (exact) mass is 490 g/mol. The maximum Gasteiger partial charge on any atom is 0.269 e. The van der Waals surface area contributed by atoms with Gasteiger partial charge in [0, 0.05) is 0 Å². The van der Waals surface area contributed by atoms with Crippen LogP contribution in [0.5, 0.6) is 5.75 Å². The normalized spacial score (nSPS) is 15.7. The Kier molecular flexibility index (Phi) is 6.40. The average Bonchev–Trinajstić information content (AvgIpc) is 3.20. The molecule has 1 aromatic heterocycles. The highest BCUT2D eigenvalue weighted by Gasteiger charge is 2.38. The lowest BCUT2D eigenvalue weighted by Crippen LogP contribution is -2.48. The number of benzene rings is 2. The number of aryl methyl sites for hydroxylation is 2. The van der Waals surface area contributed by atoms with Crippen LogP contribution in [-0.4, -0.2) is 42.9 Å². The first-order valence-corrected chi connectivity index (χ1v) is 13.2. The number of aromatic nitrogens is 2. The van der Waals surface area contributed by atoms with Crippen molar-refractivity contribution in [2.75, 3.05) is 21.9 Å². The molecule has 0 radical (unpaired) electrons. The maximum atomic E-state index is 13.5. The number of sulfonamides is 1. The molecule has 3 aromatic rings. The Bertz CT molecular complexity index is 1240. The number of ether oxygens (including phenoxy) is 1. The first-order valence-electron chi connectivity index (χ1n) is 9.92. The largest absolute Gasteiger partial charge is 0.476 e. The first-order chi connectivity index (χ1) is 15.3. The number of amides is 1. The van der Waals surface area contributed by atoms with Gasteiger partial charge in [0.1, 0.15) is 5.75 Å². The molecule has 168 valence electrons. The molecule has 4 rings (SSSR count). The van der Waals surface area contributed by atoms with Crippen molar-refractivity contribution in [2.45, 2.75) is 36.1 Å². The number of fused-ring (bicyclic) bond motifs is 1. The number of hydrogen-bond acceptors (Lipinski definition) is 8. The molecule has 0 spiro atoms. The number of carbonyl (C=O) groups excluding carboxylic acids is 1. The Morgan fingerprint density at radius 2 is 1.91 bits per heavy atom. The Balaban J connectivity index is 1.65. The standard InChI is InChI=1S/C21H22N4O4S3/c1-4-30-21-24-23-20(31-21)22-19(26)18-12-25(16-11-14(3)7-10-17(16)29-18)32(27,28)15-8-5-13(2)6-9-15/h5-11,18H,4,12H2,1-3H3,(H,22,23,26)/t18-/m1/s1. The summed E-state index contributed by atoms with van der Waals surface area (Å²) in [6.07, 6.45) is -1.04. The fourth-order valence-electron chi connectivity index (χ4n) is 3.19. The van der Waals surface area contributed by atoms with Crippen molar-refractivity contribution >= 4 is 49.8 Å². The summed E-state index contributed by atoms with van der Waals surface area (Å²) >= 11 is 2.79. The molecule has 1 aliphatic rings. The molecule has 2 heterocycles. The van der Waals surface area contributed by atoms with Gasteiger partial charge in [-0.25, -0.2) is 8.42 Å². The second-order valence-electron chi connectivity index (χ2n) is 7.22. The molecular weight excluding hydrogens is 468 g/mol. The predicted octanol–water partition coefficient (Wildman–Crippen LogP) is 3.86. The van der Waals surface area contributed by atoms with E-state index in [4.69, 9.17) is 4.74 Å². The molecule has 0 aliphatic carbocycles. The molecule has 8 nitrogen and oxygen atoms in total. The first kappa shape index (κ1) is 22.6. The summed E-state index contributed by atoms with van der Waals surface area (Å²) in [5.74, 6) is 0.692. The summed E-state index contributed by atoms with van der Waals surface area (Å²) < 4.78 is 34.9. The third kappa shape index (κ3) is 4.59. The zero-order chi connectivity index (χ0) is 22.9. The SMILES string of the molecule is CCSc1nnc(NC(=O)[C@H]2CN(S(=O)(=O)c3ccc(C)cc3)c3cc(C)ccc3O2)s1. The number of nitrogens with one attached hydrogen (secondary N) is 1. The maximum absolute atomic E-state index is 13.5. The van der Waals surface area contributed by atoms with Gasteiger partial charge in [0.05, 0.1) is 17.1 Å². The van der Waals surface area contributed by atoms with E-state index < -0.39 is 22.0 Å². The number of carbonyl (C=O) groups is 1. The fourth-order valence-corrected chi connectivity index (χ4v) is 6.31. The van der Waals surface area contributed by atoms with Crippen LogP contribution in [-0.2, 0) is 14.8 Å². The van der Waals surface area contributed by atoms with E-state index in [0.717, 1.165) is 21.2 Å². The lowest BCUT2D eigenvalue weighted by Gasteiger charge is -2.34. The molecule has 0 unspecified atom stereocenters. The number of anilines is 2. The van der Waals surface area contributed by atoms with E-state index in [-0.39, 0.29) is 11.4 Å². The minimum absolute atomic E-state index is 0.155. The van der Waals surface area contributed by atoms with E-state index in [1.54, 1.807) is 36.4 Å². The van der Waals surface area contributed by atoms with E-state index in [0.29, 0.717) is 16.6 Å². The van der Waals surface area contributed by atoms with Crippen molar-refractivity contribution in [1.82, 2.24) is 10.2 Å². The van der Waals surface area contributed by atoms with Crippen molar-refractivity contribution in [2.24, 2.45) is 0 Å². The van der Waals surface area contributed by atoms with Gasteiger partial charge in [-0.05, 0) is 49.4 Å². The van der Waals surface area contributed by atoms with Gasteiger partial charge >= 0.3 is 0 Å². The highest BCUT2D eigenvalue weighted by Crippen LogP contribution is 2.38. The Morgan fingerprint density at radius 1 is 1.19 bits per heavy atom. The van der Waals surface area contributed by atoms with Crippen LogP contribution < -0.4 is 14.4 Å². The van der Waals surface area contributed by atoms with E-state index >= 15 is 0 Å². The van der Waals surface area contributed by atoms with Gasteiger partial charge in [0.2, 0.25) is 5.13 Å². The molecule has 1 aliphatic heterocycles. The number of nitrogens with zero attached hydrogens (tertiary/aromatic N) is 3. The van der Waals surface area contributed by atoms with Gasteiger partial charge in [0.15, 0.2) is 10.4 Å². The van der Waals surface area contributed by atoms with E-state index in [1.807, 2.05) is 26.8 Å². The van der Waals surface area contributed by atoms with Gasteiger partial charge in [-0.1, -0.05) is 53.8 Å². The van der Waals surface area contributed by atoms with E-state index in [2.05, 4.69) is 15.5 Å². The smallest absolute Gasteiger partial charge is 0.269 e. The van der Waals surface area contributed by atoms with Crippen molar-refractivity contribution in [3.8, 4) is 5.75 Å². The number of rotatable bonds is 6. The molecule has 0 fully saturated rings. The lowest BCUT2D eigenvalue weighted by atomic mass is 10.1. The van der Waals surface area contributed by atoms with Crippen LogP contribution in [0.25, 0.3) is 0 Å². The van der Waals surface area contributed by atoms with Crippen LogP contribution in [0.4, 0.5) is 10.8 Å². The molecular formula is C21H22N4O4S3. The van der Waals surface area contributed by atoms with Crippen LogP contribution >= 0.6 is 23.1 Å². The zero-order valence-electron chi connectivity index (χ0n) is 17.7. The zero-order valence-corrected chi connectivity index (χ0v) is 20.2. The molecule has 0 bridgehead atoms. The number of thioether (sulfide) groups is 1. The molecule has 0 saturated heterocycles. The van der Waals surface area contributed by atoms with Crippen LogP contribution in [0.15, 0.2) is 51.7 Å². The minimum Gasteiger partial charge on any atom is -0.476 e. The summed E-state index contributed by atoms with van der Waals surface area (Å²) in [7, 11) is -3.91. The quantitative estimate of drug-likeness (QED) is 0.413. The second kappa shape index (κ2) is 9.08. The fraction of sp³-hybridized carbons (Fsp3) is 0.286. The Morgan fingerprint density at radius 3 is 2.62 bits per heavy atom. The summed E-state index contributed by atoms with van der Waals surface area (Å²) in [5.41, 5.74) is 2.25. The van der Waals surface area contributed by atoms with Gasteiger partial charge in [0.25, 0.3) is 15.9 Å². The third-order valence-electron chi connectivity index (χ3n) is 4.79. The molecule has 2 aromatic carbocycles. The Hall–Kier alpha value is -2.63. The minimum atomic E-state index is -3.91. The van der Waals surface area contributed by atoms with Gasteiger partial charge in [-0.3, -0.25) is 14.4 Å². The van der Waals surface area contributed by atoms with Crippen LogP contribution in [0, 0.1) is 13.8 Å². The molecule has 1 amide bonds. The van der Waals surface area contributed by atoms with Crippen LogP contribution in [0.2, 0.25) is 0 Å². The van der Waals surface area contributed by atoms with Crippen LogP contribution in [0.1, 0.15) is 18.1 Å². The number of hydrogen-bond donors (Lipinski definition) is 1. The molecule has 11 heteroatoms. The van der Waals surface area contributed by atoms with E-state index in [9.17, 15) is 13.2 Å². The molecule has 1 N–H and O–H groups in total. The highest BCUT2D eigenvalue weighted by atomic mass is 32.2. The van der Waals surface area contributed by atoms with Gasteiger partial charge in [-0.2, -0.15) is 0 Å². The summed E-state index contributed by atoms with van der Waals surface area (Å²) in [4.78, 5) is 13.1. The van der Waals surface area contributed by atoms with Gasteiger partial charge < -0.3 is 4.74 Å². The summed E-state index contributed by atoms with van der Waals surface area (Å²) in [6.45, 7) is 5.61. The summed E-state index contributed by atoms with van der Waals surface area (Å²) in [6, 6.07) is 11.9. The van der Waals surface area contributed by atoms with Gasteiger partial charge in [-0.15, -0.1) is 10.2 Å². The Labute approximate surface area is 195 Å². The molecule has 32 heavy (non-hydrogen) atoms. The molecule has 0 saturated carbocycles. The average molecular weight is 491 g/mol. The van der Waals surface area contributed by atoms with Crippen molar-refractivity contribution in [1.29, 1.82) is 0 Å². The van der Waals surface area contributed by atoms with E-state index in [1.165, 1.54) is 27.4 Å². The van der Waals surface area contributed by atoms with Crippen molar-refractivity contribution in [3.05, 3.63) is 53.6 Å². The topological polar surface area (TPSA) is 101 Å². The third-order valence-corrected chi connectivity index (χ3v) is 8.44. The van der Waals surface area contributed by atoms with Crippen molar-refractivity contribution < 1.29 is 17.9 Å². The highest BCUT2D eigenvalue weighted by molar-refractivity contribution is 8.01. The lowest BCUT2D eigenvalue weighted by molar-refractivity contribution is -0.122.